The van der Waals surface area contributed by atoms with Crippen LogP contribution in [-0.4, -0.2) is 21.3 Å². The lowest BCUT2D eigenvalue weighted by Crippen LogP contribution is -2.57. The number of thioether (sulfide) groups is 1. The highest BCUT2D eigenvalue weighted by atomic mass is 32.2. The zero-order valence-corrected chi connectivity index (χ0v) is 14.8. The van der Waals surface area contributed by atoms with Gasteiger partial charge in [-0.15, -0.1) is 11.8 Å². The van der Waals surface area contributed by atoms with E-state index < -0.39 is 0 Å². The number of thiocarbonyl (C=S) groups is 1. The van der Waals surface area contributed by atoms with Gasteiger partial charge in [0.15, 0.2) is 5.11 Å². The van der Waals surface area contributed by atoms with Crippen LogP contribution >= 0.6 is 24.0 Å². The van der Waals surface area contributed by atoms with Gasteiger partial charge in [-0.3, -0.25) is 9.69 Å². The summed E-state index contributed by atoms with van der Waals surface area (Å²) >= 11 is 7.31. The third-order valence-corrected chi connectivity index (χ3v) is 6.67. The Morgan fingerprint density at radius 2 is 2.13 bits per heavy atom. The Hall–Kier alpha value is -1.33. The Labute approximate surface area is 146 Å². The van der Waals surface area contributed by atoms with Crippen LogP contribution in [0.3, 0.4) is 0 Å². The average molecular weight is 345 g/mol. The predicted octanol–water partition coefficient (Wildman–Crippen LogP) is 3.67. The second-order valence-electron chi connectivity index (χ2n) is 6.67. The number of carbonyl (C=O) groups is 1. The number of amides is 1. The number of allylic oxidation sites excluding steroid dienone is 1. The van der Waals surface area contributed by atoms with Crippen molar-refractivity contribution in [1.82, 2.24) is 10.2 Å². The molecule has 1 aromatic rings. The van der Waals surface area contributed by atoms with E-state index in [1.807, 2.05) is 42.1 Å². The van der Waals surface area contributed by atoms with Crippen LogP contribution in [0.5, 0.6) is 0 Å². The zero-order valence-electron chi connectivity index (χ0n) is 13.1. The topological polar surface area (TPSA) is 32.3 Å². The average Bonchev–Trinajstić information content (AvgIpc) is 2.89. The second kappa shape index (κ2) is 5.95. The van der Waals surface area contributed by atoms with Crippen LogP contribution in [0.15, 0.2) is 40.8 Å². The first kappa shape index (κ1) is 15.2. The summed E-state index contributed by atoms with van der Waals surface area (Å²) in [6, 6.07) is 10.1. The summed E-state index contributed by atoms with van der Waals surface area (Å²) in [6.45, 7) is 2.85. The smallest absolute Gasteiger partial charge is 0.239 e. The molecule has 5 heteroatoms. The van der Waals surface area contributed by atoms with Gasteiger partial charge in [-0.2, -0.15) is 0 Å². The molecule has 1 amide bonds. The Kier molecular flexibility index (Phi) is 3.93. The number of benzene rings is 1. The van der Waals surface area contributed by atoms with Gasteiger partial charge in [0.2, 0.25) is 5.91 Å². The van der Waals surface area contributed by atoms with Gasteiger partial charge in [0.25, 0.3) is 0 Å². The normalized spacial score (nSPS) is 30.1. The van der Waals surface area contributed by atoms with Crippen LogP contribution < -0.4 is 5.32 Å². The van der Waals surface area contributed by atoms with E-state index in [1.54, 1.807) is 4.90 Å². The van der Waals surface area contributed by atoms with E-state index in [0.29, 0.717) is 11.7 Å². The minimum Gasteiger partial charge on any atom is -0.349 e. The molecule has 4 rings (SSSR count). The van der Waals surface area contributed by atoms with Crippen LogP contribution in [0.4, 0.5) is 0 Å². The van der Waals surface area contributed by atoms with E-state index in [4.69, 9.17) is 12.2 Å². The van der Waals surface area contributed by atoms with E-state index in [9.17, 15) is 4.79 Å². The van der Waals surface area contributed by atoms with Crippen molar-refractivity contribution in [2.75, 3.05) is 0 Å². The fraction of sp³-hybridized carbons (Fsp3) is 0.444. The number of carbonyl (C=O) groups excluding carboxylic acids is 1. The molecule has 0 spiro atoms. The highest BCUT2D eigenvalue weighted by Gasteiger charge is 2.47. The van der Waals surface area contributed by atoms with Gasteiger partial charge >= 0.3 is 0 Å². The number of nitrogens with zero attached hydrogens (tertiary/aromatic N) is 1. The predicted molar refractivity (Wildman–Crippen MR) is 97.6 cm³/mol. The second-order valence-corrected chi connectivity index (χ2v) is 8.30. The third kappa shape index (κ3) is 2.70. The van der Waals surface area contributed by atoms with Crippen molar-refractivity contribution in [3.8, 4) is 0 Å². The fourth-order valence-electron chi connectivity index (χ4n) is 3.72. The molecule has 0 saturated carbocycles. The quantitative estimate of drug-likeness (QED) is 0.830. The molecule has 1 aliphatic carbocycles. The Morgan fingerprint density at radius 1 is 1.35 bits per heavy atom. The first-order valence-corrected chi connectivity index (χ1v) is 9.46. The molecule has 0 aromatic heterocycles. The van der Waals surface area contributed by atoms with Gasteiger partial charge in [-0.25, -0.2) is 0 Å². The highest BCUT2D eigenvalue weighted by Crippen LogP contribution is 2.50. The van der Waals surface area contributed by atoms with Crippen molar-refractivity contribution in [3.63, 3.8) is 0 Å². The molecule has 2 heterocycles. The first-order valence-electron chi connectivity index (χ1n) is 8.18. The number of hydrogen-bond donors (Lipinski definition) is 1. The number of nitrogens with one attached hydrogen (secondary N) is 1. The summed E-state index contributed by atoms with van der Waals surface area (Å²) in [5, 5.41) is 4.09. The zero-order chi connectivity index (χ0) is 16.0. The van der Waals surface area contributed by atoms with Gasteiger partial charge in [-0.1, -0.05) is 37.3 Å². The SMILES string of the molecule is CC1CCC2=C(C1)SC1NC(=S)N(Cc3ccccc3)C(=O)C21. The summed E-state index contributed by atoms with van der Waals surface area (Å²) in [4.78, 5) is 16.3. The molecule has 1 saturated heterocycles. The van der Waals surface area contributed by atoms with E-state index in [2.05, 4.69) is 12.2 Å². The van der Waals surface area contributed by atoms with Crippen molar-refractivity contribution in [3.05, 3.63) is 46.4 Å². The minimum absolute atomic E-state index is 0.0297. The molecule has 3 nitrogen and oxygen atoms in total. The van der Waals surface area contributed by atoms with Crippen LogP contribution in [-0.2, 0) is 11.3 Å². The molecule has 120 valence electrons. The number of rotatable bonds is 2. The van der Waals surface area contributed by atoms with E-state index in [-0.39, 0.29) is 17.2 Å². The lowest BCUT2D eigenvalue weighted by Gasteiger charge is -2.37. The molecule has 3 unspecified atom stereocenters. The molecule has 0 bridgehead atoms. The maximum atomic E-state index is 13.1. The Bertz CT molecular complexity index is 686. The maximum absolute atomic E-state index is 13.1. The third-order valence-electron chi connectivity index (χ3n) is 4.97. The van der Waals surface area contributed by atoms with Gasteiger partial charge in [0, 0.05) is 0 Å². The molecule has 0 radical (unpaired) electrons. The Morgan fingerprint density at radius 3 is 2.91 bits per heavy atom. The maximum Gasteiger partial charge on any atom is 0.239 e. The number of hydrogen-bond acceptors (Lipinski definition) is 3. The minimum atomic E-state index is -0.0297. The standard InChI is InChI=1S/C18H20N2OS2/c1-11-7-8-13-14(9-11)23-16-15(13)17(21)20(18(22)19-16)10-12-5-3-2-4-6-12/h2-6,11,15-16H,7-10H2,1H3,(H,19,22). The summed E-state index contributed by atoms with van der Waals surface area (Å²) in [5.74, 6) is 0.872. The Balaban J connectivity index is 1.59. The largest absolute Gasteiger partial charge is 0.349 e. The molecular formula is C18H20N2OS2. The highest BCUT2D eigenvalue weighted by molar-refractivity contribution is 8.04. The molecule has 1 fully saturated rings. The summed E-state index contributed by atoms with van der Waals surface area (Å²) in [7, 11) is 0. The van der Waals surface area contributed by atoms with Crippen molar-refractivity contribution in [2.24, 2.45) is 11.8 Å². The van der Waals surface area contributed by atoms with Crippen molar-refractivity contribution < 1.29 is 4.79 Å². The lowest BCUT2D eigenvalue weighted by molar-refractivity contribution is -0.132. The molecule has 3 aliphatic rings. The molecule has 3 atom stereocenters. The van der Waals surface area contributed by atoms with E-state index >= 15 is 0 Å². The van der Waals surface area contributed by atoms with Gasteiger partial charge in [0.1, 0.15) is 0 Å². The lowest BCUT2D eigenvalue weighted by atomic mass is 9.83. The van der Waals surface area contributed by atoms with E-state index in [0.717, 1.165) is 24.3 Å². The molecule has 23 heavy (non-hydrogen) atoms. The van der Waals surface area contributed by atoms with Crippen LogP contribution in [0.25, 0.3) is 0 Å². The number of fused-ring (bicyclic) bond motifs is 2. The summed E-state index contributed by atoms with van der Waals surface area (Å²) in [5.41, 5.74) is 2.48. The van der Waals surface area contributed by atoms with Crippen molar-refractivity contribution in [2.45, 2.75) is 38.1 Å². The van der Waals surface area contributed by atoms with Crippen molar-refractivity contribution >= 4 is 35.0 Å². The molecular weight excluding hydrogens is 324 g/mol. The summed E-state index contributed by atoms with van der Waals surface area (Å²) in [6.07, 6.45) is 3.37. The van der Waals surface area contributed by atoms with E-state index in [1.165, 1.54) is 16.9 Å². The monoisotopic (exact) mass is 344 g/mol. The molecule has 2 aliphatic heterocycles. The fourth-order valence-corrected chi connectivity index (χ4v) is 5.73. The van der Waals surface area contributed by atoms with Crippen LogP contribution in [0.2, 0.25) is 0 Å². The molecule has 1 N–H and O–H groups in total. The van der Waals surface area contributed by atoms with Gasteiger partial charge in [-0.05, 0) is 53.4 Å². The van der Waals surface area contributed by atoms with Crippen LogP contribution in [0, 0.1) is 11.8 Å². The van der Waals surface area contributed by atoms with Gasteiger partial charge < -0.3 is 5.32 Å². The van der Waals surface area contributed by atoms with Crippen molar-refractivity contribution in [1.29, 1.82) is 0 Å². The first-order chi connectivity index (χ1) is 11.1. The summed E-state index contributed by atoms with van der Waals surface area (Å²) < 4.78 is 0. The molecule has 1 aromatic carbocycles. The van der Waals surface area contributed by atoms with Crippen LogP contribution in [0.1, 0.15) is 31.7 Å². The van der Waals surface area contributed by atoms with Gasteiger partial charge in [0.05, 0.1) is 17.8 Å².